The Balaban J connectivity index is 2.19. The maximum Gasteiger partial charge on any atom is 0.288 e. The molecule has 2 aromatic carbocycles. The van der Waals surface area contributed by atoms with Crippen molar-refractivity contribution in [3.8, 4) is 0 Å². The van der Waals surface area contributed by atoms with E-state index >= 15 is 0 Å². The summed E-state index contributed by atoms with van der Waals surface area (Å²) in [5.41, 5.74) is 0.254. The van der Waals surface area contributed by atoms with Crippen LogP contribution in [0.5, 0.6) is 0 Å². The molecule has 118 valence electrons. The molecule has 0 spiro atoms. The van der Waals surface area contributed by atoms with Crippen molar-refractivity contribution >= 4 is 50.7 Å². The van der Waals surface area contributed by atoms with Crippen molar-refractivity contribution in [2.45, 2.75) is 15.5 Å². The van der Waals surface area contributed by atoms with Gasteiger partial charge in [-0.05, 0) is 42.5 Å². The van der Waals surface area contributed by atoms with E-state index in [9.17, 15) is 17.2 Å². The SMILES string of the molecule is O=S(=O)(Nc1ccc(SC(F)F)cc1)c1ccc(Cl)c(Cl)c1. The number of thioether (sulfide) groups is 1. The smallest absolute Gasteiger partial charge is 0.280 e. The van der Waals surface area contributed by atoms with Crippen LogP contribution in [0.15, 0.2) is 52.3 Å². The van der Waals surface area contributed by atoms with E-state index in [-0.39, 0.29) is 20.6 Å². The topological polar surface area (TPSA) is 46.2 Å². The summed E-state index contributed by atoms with van der Waals surface area (Å²) in [6.45, 7) is 0. The zero-order chi connectivity index (χ0) is 16.3. The van der Waals surface area contributed by atoms with Gasteiger partial charge < -0.3 is 0 Å². The quantitative estimate of drug-likeness (QED) is 0.729. The van der Waals surface area contributed by atoms with Gasteiger partial charge in [0.2, 0.25) is 0 Å². The molecule has 0 aliphatic rings. The summed E-state index contributed by atoms with van der Waals surface area (Å²) in [4.78, 5) is 0.292. The van der Waals surface area contributed by atoms with Gasteiger partial charge in [-0.25, -0.2) is 8.42 Å². The van der Waals surface area contributed by atoms with Gasteiger partial charge in [-0.2, -0.15) is 8.78 Å². The lowest BCUT2D eigenvalue weighted by Crippen LogP contribution is -2.12. The van der Waals surface area contributed by atoms with Gasteiger partial charge in [0.25, 0.3) is 15.8 Å². The van der Waals surface area contributed by atoms with Crippen molar-refractivity contribution in [3.63, 3.8) is 0 Å². The molecule has 0 aliphatic carbocycles. The second-order valence-electron chi connectivity index (χ2n) is 4.08. The first-order chi connectivity index (χ1) is 10.3. The molecular weight excluding hydrogens is 375 g/mol. The predicted molar refractivity (Wildman–Crippen MR) is 85.6 cm³/mol. The third-order valence-corrected chi connectivity index (χ3v) is 5.37. The third kappa shape index (κ3) is 4.49. The highest BCUT2D eigenvalue weighted by atomic mass is 35.5. The Hall–Kier alpha value is -1.02. The minimum absolute atomic E-state index is 0.0482. The van der Waals surface area contributed by atoms with Crippen LogP contribution in [0.25, 0.3) is 0 Å². The van der Waals surface area contributed by atoms with Crippen molar-refractivity contribution in [3.05, 3.63) is 52.5 Å². The first-order valence-electron chi connectivity index (χ1n) is 5.81. The molecule has 0 saturated carbocycles. The van der Waals surface area contributed by atoms with E-state index in [1.165, 1.54) is 42.5 Å². The maximum absolute atomic E-state index is 12.2. The normalized spacial score (nSPS) is 11.7. The number of sulfonamides is 1. The van der Waals surface area contributed by atoms with E-state index in [0.717, 1.165) is 0 Å². The van der Waals surface area contributed by atoms with Crippen molar-refractivity contribution in [2.75, 3.05) is 4.72 Å². The van der Waals surface area contributed by atoms with Crippen LogP contribution in [-0.4, -0.2) is 14.2 Å². The number of anilines is 1. The van der Waals surface area contributed by atoms with Gasteiger partial charge in [-0.3, -0.25) is 4.72 Å². The molecule has 2 rings (SSSR count). The van der Waals surface area contributed by atoms with Gasteiger partial charge in [0.15, 0.2) is 0 Å². The van der Waals surface area contributed by atoms with Crippen molar-refractivity contribution in [2.24, 2.45) is 0 Å². The Morgan fingerprint density at radius 2 is 1.64 bits per heavy atom. The minimum atomic E-state index is -3.84. The van der Waals surface area contributed by atoms with Crippen LogP contribution < -0.4 is 4.72 Å². The Bertz CT molecular complexity index is 768. The molecule has 0 saturated heterocycles. The first kappa shape index (κ1) is 17.3. The molecule has 0 atom stereocenters. The molecule has 1 N–H and O–H groups in total. The minimum Gasteiger partial charge on any atom is -0.280 e. The second-order valence-corrected chi connectivity index (χ2v) is 7.64. The molecule has 0 amide bonds. The average molecular weight is 384 g/mol. The molecule has 0 aliphatic heterocycles. The fourth-order valence-corrected chi connectivity index (χ4v) is 3.51. The van der Waals surface area contributed by atoms with Crippen LogP contribution >= 0.6 is 35.0 Å². The first-order valence-corrected chi connectivity index (χ1v) is 8.92. The number of benzene rings is 2. The number of alkyl halides is 2. The molecular formula is C13H9Cl2F2NO2S2. The Labute approximate surface area is 140 Å². The Morgan fingerprint density at radius 3 is 2.18 bits per heavy atom. The maximum atomic E-state index is 12.2. The van der Waals surface area contributed by atoms with E-state index in [2.05, 4.69) is 4.72 Å². The largest absolute Gasteiger partial charge is 0.288 e. The number of halogens is 4. The molecule has 2 aromatic rings. The highest BCUT2D eigenvalue weighted by Gasteiger charge is 2.16. The lowest BCUT2D eigenvalue weighted by Gasteiger charge is -2.09. The van der Waals surface area contributed by atoms with Crippen molar-refractivity contribution in [1.29, 1.82) is 0 Å². The molecule has 0 fully saturated rings. The number of hydrogen-bond donors (Lipinski definition) is 1. The zero-order valence-electron chi connectivity index (χ0n) is 10.8. The van der Waals surface area contributed by atoms with Crippen LogP contribution in [0.4, 0.5) is 14.5 Å². The lowest BCUT2D eigenvalue weighted by molar-refractivity contribution is 0.252. The van der Waals surface area contributed by atoms with E-state index in [4.69, 9.17) is 23.2 Å². The van der Waals surface area contributed by atoms with Gasteiger partial charge >= 0.3 is 0 Å². The van der Waals surface area contributed by atoms with E-state index < -0.39 is 15.8 Å². The van der Waals surface area contributed by atoms with Gasteiger partial charge in [0.1, 0.15) is 0 Å². The van der Waals surface area contributed by atoms with Crippen molar-refractivity contribution < 1.29 is 17.2 Å². The van der Waals surface area contributed by atoms with Crippen LogP contribution in [0, 0.1) is 0 Å². The molecule has 3 nitrogen and oxygen atoms in total. The number of hydrogen-bond acceptors (Lipinski definition) is 3. The summed E-state index contributed by atoms with van der Waals surface area (Å²) in [6.07, 6.45) is 0. The third-order valence-electron chi connectivity index (χ3n) is 2.53. The van der Waals surface area contributed by atoms with E-state index in [1.807, 2.05) is 0 Å². The summed E-state index contributed by atoms with van der Waals surface area (Å²) in [5.74, 6) is -2.53. The molecule has 0 radical (unpaired) electrons. The van der Waals surface area contributed by atoms with Crippen molar-refractivity contribution in [1.82, 2.24) is 0 Å². The fraction of sp³-hybridized carbons (Fsp3) is 0.0769. The molecule has 0 bridgehead atoms. The predicted octanol–water partition coefficient (Wildman–Crippen LogP) is 5.11. The number of nitrogens with one attached hydrogen (secondary N) is 1. The Kier molecular flexibility index (Phi) is 5.55. The molecule has 0 aromatic heterocycles. The molecule has 0 unspecified atom stereocenters. The van der Waals surface area contributed by atoms with E-state index in [1.54, 1.807) is 0 Å². The van der Waals surface area contributed by atoms with Crippen LogP contribution in [0.2, 0.25) is 10.0 Å². The summed E-state index contributed by atoms with van der Waals surface area (Å²) < 4.78 is 51.1. The highest BCUT2D eigenvalue weighted by molar-refractivity contribution is 7.99. The molecule has 22 heavy (non-hydrogen) atoms. The van der Waals surface area contributed by atoms with Gasteiger partial charge in [0.05, 0.1) is 14.9 Å². The Morgan fingerprint density at radius 1 is 1.00 bits per heavy atom. The second kappa shape index (κ2) is 7.04. The van der Waals surface area contributed by atoms with Gasteiger partial charge in [-0.1, -0.05) is 35.0 Å². The summed E-state index contributed by atoms with van der Waals surface area (Å²) in [6, 6.07) is 9.54. The van der Waals surface area contributed by atoms with Gasteiger partial charge in [0, 0.05) is 10.6 Å². The summed E-state index contributed by atoms with van der Waals surface area (Å²) in [7, 11) is -3.84. The van der Waals surface area contributed by atoms with E-state index in [0.29, 0.717) is 16.7 Å². The monoisotopic (exact) mass is 383 g/mol. The molecule has 0 heterocycles. The van der Waals surface area contributed by atoms with Crippen LogP contribution in [0.1, 0.15) is 0 Å². The number of rotatable bonds is 5. The average Bonchev–Trinajstić information content (AvgIpc) is 2.43. The summed E-state index contributed by atoms with van der Waals surface area (Å²) >= 11 is 11.9. The zero-order valence-corrected chi connectivity index (χ0v) is 13.9. The molecule has 9 heteroatoms. The highest BCUT2D eigenvalue weighted by Crippen LogP contribution is 2.28. The van der Waals surface area contributed by atoms with Gasteiger partial charge in [-0.15, -0.1) is 0 Å². The van der Waals surface area contributed by atoms with Crippen LogP contribution in [0.3, 0.4) is 0 Å². The summed E-state index contributed by atoms with van der Waals surface area (Å²) in [5, 5.41) is 0.363. The van der Waals surface area contributed by atoms with Crippen LogP contribution in [-0.2, 0) is 10.0 Å². The lowest BCUT2D eigenvalue weighted by atomic mass is 10.3. The standard InChI is InChI=1S/C13H9Cl2F2NO2S2/c14-11-6-5-10(7-12(11)15)22(19,20)18-8-1-3-9(4-2-8)21-13(16)17/h1-7,13,18H. The fourth-order valence-electron chi connectivity index (χ4n) is 1.56.